The topological polar surface area (TPSA) is 26.8 Å². The summed E-state index contributed by atoms with van der Waals surface area (Å²) in [5.74, 6) is 0.246. The number of nitrogens with zero attached hydrogens (tertiary/aromatic N) is 3. The third-order valence-corrected chi connectivity index (χ3v) is 4.34. The highest BCUT2D eigenvalue weighted by molar-refractivity contribution is 5.76. The van der Waals surface area contributed by atoms with Gasteiger partial charge in [-0.15, -0.1) is 0 Å². The Labute approximate surface area is 125 Å². The summed E-state index contributed by atoms with van der Waals surface area (Å²) in [6, 6.07) is 0. The van der Waals surface area contributed by atoms with Crippen molar-refractivity contribution in [2.75, 3.05) is 39.8 Å². The van der Waals surface area contributed by atoms with Gasteiger partial charge in [0.2, 0.25) is 5.91 Å². The zero-order valence-corrected chi connectivity index (χ0v) is 14.5. The van der Waals surface area contributed by atoms with Crippen molar-refractivity contribution in [1.82, 2.24) is 14.7 Å². The molecule has 0 radical (unpaired) electrons. The Hall–Kier alpha value is -0.610. The van der Waals surface area contributed by atoms with Gasteiger partial charge in [0.25, 0.3) is 0 Å². The normalized spacial score (nSPS) is 19.1. The van der Waals surface area contributed by atoms with Crippen molar-refractivity contribution in [3.8, 4) is 0 Å². The molecule has 0 atom stereocenters. The third-order valence-electron chi connectivity index (χ3n) is 4.34. The summed E-state index contributed by atoms with van der Waals surface area (Å²) < 4.78 is 0. The number of carbonyl (C=O) groups excluding carboxylic acids is 1. The SMILES string of the molecule is CN(C(=O)CCN1CCN(C(C)(C)C)CC1)C(C)(C)C. The second-order valence-corrected chi connectivity index (χ2v) is 7.87. The molecule has 0 bridgehead atoms. The van der Waals surface area contributed by atoms with Crippen LogP contribution in [0.25, 0.3) is 0 Å². The molecule has 0 aliphatic carbocycles. The van der Waals surface area contributed by atoms with Gasteiger partial charge in [-0.05, 0) is 41.5 Å². The molecular weight excluding hydrogens is 250 g/mol. The van der Waals surface area contributed by atoms with E-state index in [9.17, 15) is 4.79 Å². The van der Waals surface area contributed by atoms with Crippen molar-refractivity contribution >= 4 is 5.91 Å². The molecule has 1 rings (SSSR count). The zero-order valence-electron chi connectivity index (χ0n) is 14.5. The number of amides is 1. The summed E-state index contributed by atoms with van der Waals surface area (Å²) in [6.45, 7) is 18.3. The maximum Gasteiger partial charge on any atom is 0.224 e. The van der Waals surface area contributed by atoms with Crippen LogP contribution in [0, 0.1) is 0 Å². The lowest BCUT2D eigenvalue weighted by Crippen LogP contribution is -2.53. The van der Waals surface area contributed by atoms with Gasteiger partial charge in [-0.2, -0.15) is 0 Å². The Kier molecular flexibility index (Phi) is 5.61. The molecule has 0 spiro atoms. The van der Waals surface area contributed by atoms with E-state index in [-0.39, 0.29) is 17.0 Å². The Morgan fingerprint density at radius 3 is 1.90 bits per heavy atom. The minimum Gasteiger partial charge on any atom is -0.341 e. The summed E-state index contributed by atoms with van der Waals surface area (Å²) in [5, 5.41) is 0. The summed E-state index contributed by atoms with van der Waals surface area (Å²) >= 11 is 0. The van der Waals surface area contributed by atoms with E-state index in [2.05, 4.69) is 51.3 Å². The van der Waals surface area contributed by atoms with E-state index in [0.29, 0.717) is 6.42 Å². The molecule has 0 saturated carbocycles. The second-order valence-electron chi connectivity index (χ2n) is 7.87. The Morgan fingerprint density at radius 1 is 1.00 bits per heavy atom. The highest BCUT2D eigenvalue weighted by Gasteiger charge is 2.27. The van der Waals surface area contributed by atoms with Gasteiger partial charge in [0.1, 0.15) is 0 Å². The first-order valence-electron chi connectivity index (χ1n) is 7.76. The van der Waals surface area contributed by atoms with E-state index in [1.54, 1.807) is 0 Å². The predicted molar refractivity (Wildman–Crippen MR) is 84.9 cm³/mol. The quantitative estimate of drug-likeness (QED) is 0.793. The molecule has 1 amide bonds. The molecule has 0 aromatic heterocycles. The fourth-order valence-corrected chi connectivity index (χ4v) is 2.44. The Bertz CT molecular complexity index is 320. The molecule has 0 aromatic rings. The van der Waals surface area contributed by atoms with Crippen LogP contribution in [0.3, 0.4) is 0 Å². The predicted octanol–water partition coefficient (Wildman–Crippen LogP) is 2.05. The molecule has 0 aromatic carbocycles. The lowest BCUT2D eigenvalue weighted by Gasteiger charge is -2.42. The van der Waals surface area contributed by atoms with Gasteiger partial charge < -0.3 is 9.80 Å². The summed E-state index contributed by atoms with van der Waals surface area (Å²) in [7, 11) is 1.90. The van der Waals surface area contributed by atoms with E-state index >= 15 is 0 Å². The zero-order chi connectivity index (χ0) is 15.6. The van der Waals surface area contributed by atoms with Crippen LogP contribution in [0.4, 0.5) is 0 Å². The highest BCUT2D eigenvalue weighted by Crippen LogP contribution is 2.16. The van der Waals surface area contributed by atoms with Crippen molar-refractivity contribution in [2.45, 2.75) is 59.0 Å². The third kappa shape index (κ3) is 5.06. The molecule has 118 valence electrons. The molecular formula is C16H33N3O. The highest BCUT2D eigenvalue weighted by atomic mass is 16.2. The van der Waals surface area contributed by atoms with Crippen LogP contribution in [0.1, 0.15) is 48.0 Å². The molecule has 1 aliphatic rings. The molecule has 0 N–H and O–H groups in total. The van der Waals surface area contributed by atoms with Crippen LogP contribution in [-0.2, 0) is 4.79 Å². The number of hydrogen-bond donors (Lipinski definition) is 0. The molecule has 1 heterocycles. The standard InChI is InChI=1S/C16H33N3O/c1-15(2,3)17(7)14(20)8-9-18-10-12-19(13-11-18)16(4,5)6/h8-13H2,1-7H3. The van der Waals surface area contributed by atoms with E-state index in [0.717, 1.165) is 32.7 Å². The van der Waals surface area contributed by atoms with E-state index in [4.69, 9.17) is 0 Å². The molecule has 1 fully saturated rings. The van der Waals surface area contributed by atoms with E-state index in [1.807, 2.05) is 11.9 Å². The van der Waals surface area contributed by atoms with Crippen LogP contribution in [-0.4, -0.2) is 71.5 Å². The first kappa shape index (κ1) is 17.4. The maximum absolute atomic E-state index is 12.1. The second kappa shape index (κ2) is 6.44. The fraction of sp³-hybridized carbons (Fsp3) is 0.938. The summed E-state index contributed by atoms with van der Waals surface area (Å²) in [6.07, 6.45) is 0.628. The lowest BCUT2D eigenvalue weighted by atomic mass is 10.0. The van der Waals surface area contributed by atoms with Crippen molar-refractivity contribution in [3.63, 3.8) is 0 Å². The Morgan fingerprint density at radius 2 is 1.50 bits per heavy atom. The Balaban J connectivity index is 2.33. The number of carbonyl (C=O) groups is 1. The fourth-order valence-electron chi connectivity index (χ4n) is 2.44. The number of hydrogen-bond acceptors (Lipinski definition) is 3. The van der Waals surface area contributed by atoms with Crippen LogP contribution in [0.15, 0.2) is 0 Å². The average Bonchev–Trinajstić information content (AvgIpc) is 2.33. The summed E-state index contributed by atoms with van der Waals surface area (Å²) in [5.41, 5.74) is 0.177. The van der Waals surface area contributed by atoms with Gasteiger partial charge in [0.15, 0.2) is 0 Å². The van der Waals surface area contributed by atoms with Gasteiger partial charge >= 0.3 is 0 Å². The van der Waals surface area contributed by atoms with Gasteiger partial charge in [-0.1, -0.05) is 0 Å². The molecule has 20 heavy (non-hydrogen) atoms. The van der Waals surface area contributed by atoms with Crippen molar-refractivity contribution < 1.29 is 4.79 Å². The van der Waals surface area contributed by atoms with Crippen LogP contribution < -0.4 is 0 Å². The lowest BCUT2D eigenvalue weighted by molar-refractivity contribution is -0.134. The molecule has 4 heteroatoms. The van der Waals surface area contributed by atoms with Crippen LogP contribution in [0.5, 0.6) is 0 Å². The first-order valence-corrected chi connectivity index (χ1v) is 7.76. The van der Waals surface area contributed by atoms with E-state index < -0.39 is 0 Å². The number of piperazine rings is 1. The maximum atomic E-state index is 12.1. The molecule has 1 saturated heterocycles. The van der Waals surface area contributed by atoms with Gasteiger partial charge in [0.05, 0.1) is 0 Å². The molecule has 1 aliphatic heterocycles. The minimum absolute atomic E-state index is 0.0813. The smallest absolute Gasteiger partial charge is 0.224 e. The number of rotatable bonds is 3. The van der Waals surface area contributed by atoms with Gasteiger partial charge in [0, 0.05) is 57.3 Å². The molecule has 4 nitrogen and oxygen atoms in total. The largest absolute Gasteiger partial charge is 0.341 e. The van der Waals surface area contributed by atoms with Crippen molar-refractivity contribution in [1.29, 1.82) is 0 Å². The minimum atomic E-state index is -0.0813. The van der Waals surface area contributed by atoms with E-state index in [1.165, 1.54) is 0 Å². The first-order chi connectivity index (χ1) is 9.01. The average molecular weight is 283 g/mol. The monoisotopic (exact) mass is 283 g/mol. The van der Waals surface area contributed by atoms with Crippen LogP contribution >= 0.6 is 0 Å². The van der Waals surface area contributed by atoms with Crippen molar-refractivity contribution in [2.24, 2.45) is 0 Å². The van der Waals surface area contributed by atoms with Gasteiger partial charge in [-0.25, -0.2) is 0 Å². The van der Waals surface area contributed by atoms with Gasteiger partial charge in [-0.3, -0.25) is 9.69 Å². The summed E-state index contributed by atoms with van der Waals surface area (Å²) in [4.78, 5) is 18.9. The van der Waals surface area contributed by atoms with Crippen LogP contribution in [0.2, 0.25) is 0 Å². The van der Waals surface area contributed by atoms with Crippen molar-refractivity contribution in [3.05, 3.63) is 0 Å². The molecule has 0 unspecified atom stereocenters.